The summed E-state index contributed by atoms with van der Waals surface area (Å²) in [7, 11) is -3.32. The number of amides is 1. The number of aromatic nitrogens is 2. The van der Waals surface area contributed by atoms with E-state index in [1.54, 1.807) is 29.0 Å². The van der Waals surface area contributed by atoms with Crippen LogP contribution < -0.4 is 5.32 Å². The second-order valence-electron chi connectivity index (χ2n) is 7.63. The summed E-state index contributed by atoms with van der Waals surface area (Å²) < 4.78 is 65.2. The van der Waals surface area contributed by atoms with Crippen LogP contribution in [0.5, 0.6) is 0 Å². The molecule has 4 aromatic rings. The van der Waals surface area contributed by atoms with E-state index in [0.717, 1.165) is 35.7 Å². The molecule has 1 N–H and O–H groups in total. The Morgan fingerprint density at radius 1 is 1.00 bits per heavy atom. The highest BCUT2D eigenvalue weighted by molar-refractivity contribution is 7.90. The van der Waals surface area contributed by atoms with Crippen LogP contribution in [0.1, 0.15) is 27.2 Å². The van der Waals surface area contributed by atoms with Crippen molar-refractivity contribution in [2.45, 2.75) is 17.9 Å². The topological polar surface area (TPSA) is 81.1 Å². The van der Waals surface area contributed by atoms with Gasteiger partial charge >= 0.3 is 0 Å². The first kappa shape index (κ1) is 23.7. The van der Waals surface area contributed by atoms with Crippen LogP contribution >= 0.6 is 11.3 Å². The summed E-state index contributed by atoms with van der Waals surface area (Å²) in [4.78, 5) is 16.9. The van der Waals surface area contributed by atoms with Gasteiger partial charge in [-0.2, -0.15) is 4.39 Å². The molecule has 2 aromatic carbocycles. The lowest BCUT2D eigenvalue weighted by Crippen LogP contribution is -2.17. The second kappa shape index (κ2) is 9.43. The number of benzene rings is 2. The van der Waals surface area contributed by atoms with Crippen molar-refractivity contribution in [2.75, 3.05) is 11.6 Å². The zero-order valence-electron chi connectivity index (χ0n) is 17.8. The molecule has 0 bridgehead atoms. The number of nitrogens with one attached hydrogen (secondary N) is 1. The van der Waals surface area contributed by atoms with Crippen LogP contribution in [-0.4, -0.2) is 30.1 Å². The van der Waals surface area contributed by atoms with Crippen LogP contribution in [0.15, 0.2) is 65.8 Å². The maximum atomic E-state index is 13.7. The monoisotopic (exact) mass is 505 g/mol. The van der Waals surface area contributed by atoms with Crippen molar-refractivity contribution in [1.82, 2.24) is 9.55 Å². The lowest BCUT2D eigenvalue weighted by atomic mass is 10.1. The highest BCUT2D eigenvalue weighted by Crippen LogP contribution is 2.21. The van der Waals surface area contributed by atoms with Crippen molar-refractivity contribution in [2.24, 2.45) is 0 Å². The molecular formula is C23H18F3N3O3S2. The van der Waals surface area contributed by atoms with E-state index in [1.807, 2.05) is 0 Å². The van der Waals surface area contributed by atoms with Gasteiger partial charge < -0.3 is 4.57 Å². The van der Waals surface area contributed by atoms with Crippen LogP contribution in [0.25, 0.3) is 0 Å². The van der Waals surface area contributed by atoms with Gasteiger partial charge in [-0.15, -0.1) is 0 Å². The van der Waals surface area contributed by atoms with Gasteiger partial charge in [-0.1, -0.05) is 29.5 Å². The molecule has 0 aliphatic rings. The molecule has 0 saturated heterocycles. The fraction of sp³-hybridized carbons (Fsp3) is 0.130. The summed E-state index contributed by atoms with van der Waals surface area (Å²) in [6.45, 7) is 0.0825. The second-order valence-corrected chi connectivity index (χ2v) is 10.6. The number of rotatable bonds is 7. The number of carbonyl (C=O) groups is 1. The summed E-state index contributed by atoms with van der Waals surface area (Å²) in [6.07, 6.45) is 4.20. The van der Waals surface area contributed by atoms with Crippen molar-refractivity contribution >= 4 is 32.2 Å². The summed E-state index contributed by atoms with van der Waals surface area (Å²) >= 11 is 0.677. The van der Waals surface area contributed by atoms with Crippen LogP contribution in [-0.2, 0) is 22.8 Å². The van der Waals surface area contributed by atoms with E-state index in [9.17, 15) is 26.4 Å². The Morgan fingerprint density at radius 3 is 2.32 bits per heavy atom. The maximum absolute atomic E-state index is 13.7. The molecule has 34 heavy (non-hydrogen) atoms. The predicted octanol–water partition coefficient (Wildman–Crippen LogP) is 4.66. The zero-order valence-corrected chi connectivity index (χ0v) is 19.4. The number of anilines is 1. The summed E-state index contributed by atoms with van der Waals surface area (Å²) in [6, 6.07) is 11.5. The molecule has 0 spiro atoms. The molecule has 0 radical (unpaired) electrons. The molecule has 176 valence electrons. The molecule has 2 heterocycles. The average Bonchev–Trinajstić information content (AvgIpc) is 3.36. The molecule has 1 amide bonds. The third-order valence-electron chi connectivity index (χ3n) is 4.98. The number of halogens is 3. The van der Waals surface area contributed by atoms with Crippen molar-refractivity contribution < 1.29 is 26.4 Å². The number of nitrogens with zero attached hydrogens (tertiary/aromatic N) is 2. The first-order valence-electron chi connectivity index (χ1n) is 9.93. The lowest BCUT2D eigenvalue weighted by molar-refractivity contribution is 0.101. The molecular weight excluding hydrogens is 487 g/mol. The van der Waals surface area contributed by atoms with Crippen LogP contribution in [0.4, 0.5) is 18.3 Å². The number of thiazole rings is 1. The SMILES string of the molecule is CS(=O)(=O)c1ccc(Cc2cc(C(=O)Nc3ncc(F)s3)n(Cc3ccc(F)c(F)c3)c2)cc1. The van der Waals surface area contributed by atoms with E-state index in [2.05, 4.69) is 10.3 Å². The van der Waals surface area contributed by atoms with Crippen LogP contribution in [0.3, 0.4) is 0 Å². The Bertz CT molecular complexity index is 1460. The van der Waals surface area contributed by atoms with Crippen LogP contribution in [0.2, 0.25) is 0 Å². The highest BCUT2D eigenvalue weighted by atomic mass is 32.2. The van der Waals surface area contributed by atoms with E-state index in [-0.39, 0.29) is 22.3 Å². The van der Waals surface area contributed by atoms with Crippen LogP contribution in [0, 0.1) is 16.8 Å². The van der Waals surface area contributed by atoms with Gasteiger partial charge in [0.15, 0.2) is 31.7 Å². The Labute approximate surface area is 197 Å². The van der Waals surface area contributed by atoms with E-state index >= 15 is 0 Å². The van der Waals surface area contributed by atoms with Crippen molar-refractivity contribution in [3.05, 3.63) is 100 Å². The molecule has 4 rings (SSSR count). The summed E-state index contributed by atoms with van der Waals surface area (Å²) in [5.41, 5.74) is 2.19. The molecule has 0 atom stereocenters. The quantitative estimate of drug-likeness (QED) is 0.396. The fourth-order valence-corrected chi connectivity index (χ4v) is 4.56. The largest absolute Gasteiger partial charge is 0.339 e. The average molecular weight is 506 g/mol. The molecule has 2 aromatic heterocycles. The van der Waals surface area contributed by atoms with Gasteiger partial charge in [0.25, 0.3) is 5.91 Å². The molecule has 0 saturated carbocycles. The van der Waals surface area contributed by atoms with Crippen molar-refractivity contribution in [1.29, 1.82) is 0 Å². The van der Waals surface area contributed by atoms with Gasteiger partial charge in [-0.3, -0.25) is 10.1 Å². The van der Waals surface area contributed by atoms with Gasteiger partial charge in [0, 0.05) is 19.0 Å². The van der Waals surface area contributed by atoms with Crippen molar-refractivity contribution in [3.8, 4) is 0 Å². The minimum Gasteiger partial charge on any atom is -0.339 e. The molecule has 0 unspecified atom stereocenters. The molecule has 6 nitrogen and oxygen atoms in total. The molecule has 0 fully saturated rings. The fourth-order valence-electron chi connectivity index (χ4n) is 3.39. The summed E-state index contributed by atoms with van der Waals surface area (Å²) in [5, 5.41) is 2.07. The van der Waals surface area contributed by atoms with E-state index in [0.29, 0.717) is 23.3 Å². The molecule has 11 heteroatoms. The number of carbonyl (C=O) groups excluding carboxylic acids is 1. The minimum absolute atomic E-state index is 0.0825. The first-order chi connectivity index (χ1) is 16.1. The van der Waals surface area contributed by atoms with E-state index in [4.69, 9.17) is 0 Å². The van der Waals surface area contributed by atoms with Crippen molar-refractivity contribution in [3.63, 3.8) is 0 Å². The van der Waals surface area contributed by atoms with Gasteiger partial charge in [-0.05, 0) is 53.4 Å². The number of hydrogen-bond acceptors (Lipinski definition) is 5. The van der Waals surface area contributed by atoms with Gasteiger partial charge in [0.2, 0.25) is 0 Å². The third kappa shape index (κ3) is 5.54. The normalized spacial score (nSPS) is 11.5. The highest BCUT2D eigenvalue weighted by Gasteiger charge is 2.17. The Balaban J connectivity index is 1.63. The lowest BCUT2D eigenvalue weighted by Gasteiger charge is -2.09. The zero-order chi connectivity index (χ0) is 24.5. The Hall–Kier alpha value is -3.44. The summed E-state index contributed by atoms with van der Waals surface area (Å²) in [5.74, 6) is -2.52. The number of hydrogen-bond donors (Lipinski definition) is 1. The van der Waals surface area contributed by atoms with E-state index < -0.39 is 32.5 Å². The van der Waals surface area contributed by atoms with Gasteiger partial charge in [0.1, 0.15) is 5.69 Å². The smallest absolute Gasteiger partial charge is 0.274 e. The van der Waals surface area contributed by atoms with Gasteiger partial charge in [-0.25, -0.2) is 22.2 Å². The van der Waals surface area contributed by atoms with E-state index in [1.165, 1.54) is 18.2 Å². The Kier molecular flexibility index (Phi) is 6.58. The minimum atomic E-state index is -3.32. The standard InChI is InChI=1S/C23H18F3N3O3S2/c1-34(31,32)17-5-2-14(3-6-17)8-16-10-20(22(30)28-23-27-11-21(26)33-23)29(13-16)12-15-4-7-18(24)19(25)9-15/h2-7,9-11,13H,8,12H2,1H3,(H,27,28,30). The Morgan fingerprint density at radius 2 is 1.71 bits per heavy atom. The third-order valence-corrected chi connectivity index (χ3v) is 6.81. The first-order valence-corrected chi connectivity index (χ1v) is 12.6. The predicted molar refractivity (Wildman–Crippen MR) is 122 cm³/mol. The van der Waals surface area contributed by atoms with Gasteiger partial charge in [0.05, 0.1) is 11.1 Å². The number of sulfone groups is 1. The molecule has 0 aliphatic carbocycles. The molecule has 0 aliphatic heterocycles. The maximum Gasteiger partial charge on any atom is 0.274 e.